The molecular weight excluding hydrogens is 497 g/mol. The van der Waals surface area contributed by atoms with Crippen LogP contribution in [0.2, 0.25) is 0 Å². The number of rotatable bonds is 8. The van der Waals surface area contributed by atoms with E-state index in [1.165, 1.54) is 6.07 Å². The van der Waals surface area contributed by atoms with Gasteiger partial charge >= 0.3 is 5.97 Å². The summed E-state index contributed by atoms with van der Waals surface area (Å²) in [7, 11) is 1.79. The maximum atomic E-state index is 15.3. The minimum Gasteiger partial charge on any atom is -0.481 e. The van der Waals surface area contributed by atoms with E-state index in [-0.39, 0.29) is 24.2 Å². The molecule has 3 heterocycles. The highest BCUT2D eigenvalue weighted by Crippen LogP contribution is 2.48. The van der Waals surface area contributed by atoms with E-state index in [1.807, 2.05) is 26.0 Å². The van der Waals surface area contributed by atoms with E-state index in [2.05, 4.69) is 20.1 Å². The molecule has 5 rings (SSSR count). The van der Waals surface area contributed by atoms with Gasteiger partial charge in [-0.1, -0.05) is 24.3 Å². The molecule has 3 aromatic heterocycles. The highest BCUT2D eigenvalue weighted by atomic mass is 35.5. The molecule has 1 aromatic carbocycles. The summed E-state index contributed by atoms with van der Waals surface area (Å²) in [5.41, 5.74) is 3.57. The summed E-state index contributed by atoms with van der Waals surface area (Å²) in [6.07, 6.45) is 8.05. The molecular formula is C27H27ClFN5O3. The number of hydrogen-bond donors (Lipinski definition) is 1. The SMILES string of the molecule is CC(C)Oc1cncc(Cc2c(-c3ncc(-c4ccc(C5(C(=O)O)CC5)cc4)cc3F)cnn2C)n1.Cl. The molecule has 10 heteroatoms. The number of carbonyl (C=O) groups is 1. The first-order valence-electron chi connectivity index (χ1n) is 11.8. The summed E-state index contributed by atoms with van der Waals surface area (Å²) in [5.74, 6) is -0.843. The first-order valence-corrected chi connectivity index (χ1v) is 11.8. The normalized spacial score (nSPS) is 13.8. The molecule has 0 amide bonds. The number of benzene rings is 1. The number of nitrogens with zero attached hydrogens (tertiary/aromatic N) is 5. The van der Waals surface area contributed by atoms with Gasteiger partial charge in [0.1, 0.15) is 11.5 Å². The molecule has 0 aliphatic heterocycles. The van der Waals surface area contributed by atoms with Crippen molar-refractivity contribution in [2.75, 3.05) is 0 Å². The molecule has 1 N–H and O–H groups in total. The number of aliphatic carboxylic acids is 1. The molecule has 1 aliphatic carbocycles. The molecule has 1 fully saturated rings. The van der Waals surface area contributed by atoms with Gasteiger partial charge in [0.2, 0.25) is 5.88 Å². The van der Waals surface area contributed by atoms with Crippen molar-refractivity contribution in [3.8, 4) is 28.3 Å². The smallest absolute Gasteiger partial charge is 0.314 e. The third-order valence-corrected chi connectivity index (χ3v) is 6.46. The van der Waals surface area contributed by atoms with Gasteiger partial charge in [-0.25, -0.2) is 9.37 Å². The molecule has 8 nitrogen and oxygen atoms in total. The minimum atomic E-state index is -0.801. The molecule has 0 atom stereocenters. The molecule has 4 aromatic rings. The maximum absolute atomic E-state index is 15.3. The van der Waals surface area contributed by atoms with Crippen molar-refractivity contribution in [2.24, 2.45) is 7.05 Å². The van der Waals surface area contributed by atoms with Crippen molar-refractivity contribution in [2.45, 2.75) is 44.6 Å². The fourth-order valence-electron chi connectivity index (χ4n) is 4.34. The minimum absolute atomic E-state index is 0. The number of carboxylic acids is 1. The lowest BCUT2D eigenvalue weighted by molar-refractivity contribution is -0.140. The van der Waals surface area contributed by atoms with Gasteiger partial charge < -0.3 is 9.84 Å². The van der Waals surface area contributed by atoms with Crippen LogP contribution in [0.3, 0.4) is 0 Å². The van der Waals surface area contributed by atoms with Crippen LogP contribution in [-0.2, 0) is 23.7 Å². The van der Waals surface area contributed by atoms with Crippen LogP contribution < -0.4 is 4.74 Å². The van der Waals surface area contributed by atoms with Crippen LogP contribution in [0, 0.1) is 5.82 Å². The second kappa shape index (κ2) is 10.3. The lowest BCUT2D eigenvalue weighted by Crippen LogP contribution is -2.19. The van der Waals surface area contributed by atoms with Gasteiger partial charge in [0.05, 0.1) is 35.3 Å². The predicted molar refractivity (Wildman–Crippen MR) is 138 cm³/mol. The van der Waals surface area contributed by atoms with Crippen molar-refractivity contribution in [1.82, 2.24) is 24.7 Å². The number of pyridine rings is 1. The van der Waals surface area contributed by atoms with Crippen molar-refractivity contribution in [1.29, 1.82) is 0 Å². The Hall–Kier alpha value is -3.85. The Morgan fingerprint density at radius 1 is 1.14 bits per heavy atom. The largest absolute Gasteiger partial charge is 0.481 e. The molecule has 37 heavy (non-hydrogen) atoms. The Kier molecular flexibility index (Phi) is 7.27. The summed E-state index contributed by atoms with van der Waals surface area (Å²) < 4.78 is 22.6. The highest BCUT2D eigenvalue weighted by Gasteiger charge is 2.51. The van der Waals surface area contributed by atoms with Gasteiger partial charge in [-0.3, -0.25) is 19.4 Å². The van der Waals surface area contributed by atoms with Crippen LogP contribution in [0.4, 0.5) is 4.39 Å². The highest BCUT2D eigenvalue weighted by molar-refractivity contribution is 5.85. The topological polar surface area (TPSA) is 103 Å². The number of ether oxygens (including phenoxy) is 1. The molecule has 0 unspecified atom stereocenters. The van der Waals surface area contributed by atoms with E-state index in [0.29, 0.717) is 42.0 Å². The van der Waals surface area contributed by atoms with E-state index in [0.717, 1.165) is 16.8 Å². The molecule has 192 valence electrons. The van der Waals surface area contributed by atoms with E-state index in [9.17, 15) is 9.90 Å². The average molecular weight is 524 g/mol. The van der Waals surface area contributed by atoms with Crippen LogP contribution in [0.15, 0.2) is 55.1 Å². The molecule has 1 saturated carbocycles. The molecule has 0 saturated heterocycles. The standard InChI is InChI=1S/C27H26FN5O3.ClH/c1-16(2)36-24-15-29-13-20(32-24)11-23-21(14-31-33(23)3)25-22(28)10-18(12-30-25)17-4-6-19(7-5-17)27(8-9-27)26(34)35;/h4-7,10,12-16H,8-9,11H2,1-3H3,(H,34,35);1H. The van der Waals surface area contributed by atoms with E-state index < -0.39 is 17.2 Å². The molecule has 1 aliphatic rings. The first kappa shape index (κ1) is 26.2. The number of hydrogen-bond acceptors (Lipinski definition) is 6. The summed E-state index contributed by atoms with van der Waals surface area (Å²) in [6.45, 7) is 3.83. The number of carboxylic acid groups (broad SMARTS) is 1. The summed E-state index contributed by atoms with van der Waals surface area (Å²) >= 11 is 0. The number of halogens is 2. The van der Waals surface area contributed by atoms with E-state index in [1.54, 1.807) is 48.6 Å². The first-order chi connectivity index (χ1) is 17.3. The Morgan fingerprint density at radius 3 is 2.49 bits per heavy atom. The summed E-state index contributed by atoms with van der Waals surface area (Å²) in [5, 5.41) is 13.8. The van der Waals surface area contributed by atoms with Crippen molar-refractivity contribution >= 4 is 18.4 Å². The summed E-state index contributed by atoms with van der Waals surface area (Å²) in [6, 6.07) is 8.68. The second-order valence-corrected chi connectivity index (χ2v) is 9.34. The zero-order valence-corrected chi connectivity index (χ0v) is 21.5. The molecule has 0 radical (unpaired) electrons. The zero-order valence-electron chi connectivity index (χ0n) is 20.7. The van der Waals surface area contributed by atoms with Crippen molar-refractivity contribution in [3.63, 3.8) is 0 Å². The molecule has 0 bridgehead atoms. The van der Waals surface area contributed by atoms with Gasteiger partial charge in [-0.05, 0) is 43.9 Å². The second-order valence-electron chi connectivity index (χ2n) is 9.34. The van der Waals surface area contributed by atoms with Crippen molar-refractivity contribution in [3.05, 3.63) is 77.9 Å². The van der Waals surface area contributed by atoms with Gasteiger partial charge in [0, 0.05) is 37.0 Å². The van der Waals surface area contributed by atoms with Gasteiger partial charge in [0.15, 0.2) is 0 Å². The third kappa shape index (κ3) is 5.17. The molecule has 0 spiro atoms. The third-order valence-electron chi connectivity index (χ3n) is 6.46. The van der Waals surface area contributed by atoms with Crippen LogP contribution >= 0.6 is 12.4 Å². The zero-order chi connectivity index (χ0) is 25.4. The summed E-state index contributed by atoms with van der Waals surface area (Å²) in [4.78, 5) is 24.7. The Bertz CT molecular complexity index is 1430. The Morgan fingerprint density at radius 2 is 1.86 bits per heavy atom. The Balaban J connectivity index is 0.00000320. The number of aryl methyl sites for hydroxylation is 1. The maximum Gasteiger partial charge on any atom is 0.314 e. The Labute approximate surface area is 220 Å². The van der Waals surface area contributed by atoms with Crippen LogP contribution in [0.1, 0.15) is 43.6 Å². The van der Waals surface area contributed by atoms with Gasteiger partial charge in [0.25, 0.3) is 0 Å². The van der Waals surface area contributed by atoms with Crippen molar-refractivity contribution < 1.29 is 19.0 Å². The van der Waals surface area contributed by atoms with Gasteiger partial charge in [-0.2, -0.15) is 5.10 Å². The van der Waals surface area contributed by atoms with Crippen LogP contribution in [0.5, 0.6) is 5.88 Å². The lowest BCUT2D eigenvalue weighted by Gasteiger charge is -2.12. The van der Waals surface area contributed by atoms with E-state index >= 15 is 4.39 Å². The van der Waals surface area contributed by atoms with Crippen LogP contribution in [0.25, 0.3) is 22.4 Å². The fourth-order valence-corrected chi connectivity index (χ4v) is 4.34. The van der Waals surface area contributed by atoms with Crippen LogP contribution in [-0.4, -0.2) is 41.9 Å². The average Bonchev–Trinajstić information content (AvgIpc) is 3.59. The quantitative estimate of drug-likeness (QED) is 0.347. The van der Waals surface area contributed by atoms with E-state index in [4.69, 9.17) is 4.74 Å². The fraction of sp³-hybridized carbons (Fsp3) is 0.296. The lowest BCUT2D eigenvalue weighted by atomic mass is 9.94. The monoisotopic (exact) mass is 523 g/mol. The van der Waals surface area contributed by atoms with Gasteiger partial charge in [-0.15, -0.1) is 12.4 Å². The number of aromatic nitrogens is 5. The predicted octanol–water partition coefficient (Wildman–Crippen LogP) is 4.99.